The molecule has 1 N–H and O–H groups in total. The molecule has 1 aliphatic heterocycles. The molecule has 0 radical (unpaired) electrons. The lowest BCUT2D eigenvalue weighted by molar-refractivity contribution is 0.102. The van der Waals surface area contributed by atoms with E-state index in [2.05, 4.69) is 15.4 Å². The molecule has 33 heavy (non-hydrogen) atoms. The van der Waals surface area contributed by atoms with E-state index in [9.17, 15) is 13.2 Å². The number of nitrogens with zero attached hydrogens (tertiary/aromatic N) is 6. The summed E-state index contributed by atoms with van der Waals surface area (Å²) in [6.07, 6.45) is 7.41. The van der Waals surface area contributed by atoms with Gasteiger partial charge in [-0.3, -0.25) is 4.79 Å². The van der Waals surface area contributed by atoms with Crippen LogP contribution in [-0.4, -0.2) is 62.4 Å². The van der Waals surface area contributed by atoms with Gasteiger partial charge in [0, 0.05) is 37.5 Å². The number of hydrogen-bond donors (Lipinski definition) is 1. The topological polar surface area (TPSA) is 114 Å². The number of fused-ring (bicyclic) bond motifs is 1. The Kier molecular flexibility index (Phi) is 5.43. The minimum absolute atomic E-state index is 0.0993. The van der Waals surface area contributed by atoms with E-state index in [4.69, 9.17) is 5.10 Å². The lowest BCUT2D eigenvalue weighted by Gasteiger charge is -2.29. The van der Waals surface area contributed by atoms with Gasteiger partial charge in [0.2, 0.25) is 10.0 Å². The highest BCUT2D eigenvalue weighted by Gasteiger charge is 2.28. The molecule has 0 spiro atoms. The quantitative estimate of drug-likeness (QED) is 0.484. The van der Waals surface area contributed by atoms with Gasteiger partial charge in [0.25, 0.3) is 5.91 Å². The zero-order valence-electron chi connectivity index (χ0n) is 18.0. The fraction of sp³-hybridized carbons (Fsp3) is 0.273. The Balaban J connectivity index is 1.45. The molecule has 5 rings (SSSR count). The van der Waals surface area contributed by atoms with Gasteiger partial charge >= 0.3 is 0 Å². The maximum absolute atomic E-state index is 13.1. The van der Waals surface area contributed by atoms with Crippen LogP contribution in [0.4, 0.5) is 5.82 Å². The summed E-state index contributed by atoms with van der Waals surface area (Å²) in [5.74, 6) is 0.295. The molecule has 1 aliphatic rings. The number of carbonyl (C=O) groups excluding carboxylic acids is 1. The average molecular weight is 466 g/mol. The highest BCUT2D eigenvalue weighted by atomic mass is 32.2. The molecule has 0 aliphatic carbocycles. The summed E-state index contributed by atoms with van der Waals surface area (Å²) in [5, 5.41) is 11.9. The number of nitrogens with one attached hydrogen (secondary N) is 1. The Hall–Kier alpha value is -3.57. The normalized spacial score (nSPS) is 15.7. The van der Waals surface area contributed by atoms with Crippen LogP contribution >= 0.6 is 0 Å². The molecule has 1 aromatic carbocycles. The van der Waals surface area contributed by atoms with Gasteiger partial charge in [0.05, 0.1) is 23.8 Å². The van der Waals surface area contributed by atoms with E-state index >= 15 is 0 Å². The minimum Gasteiger partial charge on any atom is -0.306 e. The number of amides is 1. The van der Waals surface area contributed by atoms with Crippen molar-refractivity contribution in [3.63, 3.8) is 0 Å². The first-order valence-electron chi connectivity index (χ1n) is 10.6. The molecule has 1 amide bonds. The molecule has 0 saturated carbocycles. The monoisotopic (exact) mass is 465 g/mol. The van der Waals surface area contributed by atoms with Crippen molar-refractivity contribution in [3.05, 3.63) is 72.3 Å². The summed E-state index contributed by atoms with van der Waals surface area (Å²) in [6, 6.07) is 13.2. The number of aromatic nitrogens is 5. The number of sulfonamides is 1. The number of benzene rings is 1. The fourth-order valence-electron chi connectivity index (χ4n) is 4.11. The summed E-state index contributed by atoms with van der Waals surface area (Å²) in [7, 11) is -3.20. The van der Waals surface area contributed by atoms with Crippen LogP contribution in [0, 0.1) is 0 Å². The molecule has 10 nitrogen and oxygen atoms in total. The van der Waals surface area contributed by atoms with E-state index in [0.29, 0.717) is 43.0 Å². The number of piperidine rings is 1. The summed E-state index contributed by atoms with van der Waals surface area (Å²) in [6.45, 7) is 0.912. The van der Waals surface area contributed by atoms with Gasteiger partial charge in [-0.2, -0.15) is 10.2 Å². The van der Waals surface area contributed by atoms with Gasteiger partial charge in [-0.25, -0.2) is 26.9 Å². The maximum Gasteiger partial charge on any atom is 0.262 e. The molecular weight excluding hydrogens is 442 g/mol. The number of carbonyl (C=O) groups is 1. The van der Waals surface area contributed by atoms with E-state index in [0.717, 1.165) is 11.4 Å². The molecule has 11 heteroatoms. The second kappa shape index (κ2) is 8.41. The number of anilines is 1. The fourth-order valence-corrected chi connectivity index (χ4v) is 4.98. The van der Waals surface area contributed by atoms with Crippen molar-refractivity contribution in [1.82, 2.24) is 28.7 Å². The second-order valence-corrected chi connectivity index (χ2v) is 10.0. The van der Waals surface area contributed by atoms with Crippen molar-refractivity contribution in [2.75, 3.05) is 24.7 Å². The summed E-state index contributed by atoms with van der Waals surface area (Å²) >= 11 is 0. The van der Waals surface area contributed by atoms with Crippen molar-refractivity contribution in [1.29, 1.82) is 0 Å². The van der Waals surface area contributed by atoms with E-state index < -0.39 is 10.0 Å². The maximum atomic E-state index is 13.1. The van der Waals surface area contributed by atoms with Crippen molar-refractivity contribution in [2.45, 2.75) is 18.8 Å². The molecule has 1 fully saturated rings. The van der Waals surface area contributed by atoms with E-state index in [1.807, 2.05) is 36.4 Å². The Morgan fingerprint density at radius 1 is 1.12 bits per heavy atom. The molecule has 170 valence electrons. The first-order valence-corrected chi connectivity index (χ1v) is 12.5. The molecule has 4 heterocycles. The van der Waals surface area contributed by atoms with Crippen LogP contribution in [0.25, 0.3) is 11.3 Å². The average Bonchev–Trinajstić information content (AvgIpc) is 3.44. The van der Waals surface area contributed by atoms with Crippen molar-refractivity contribution in [3.8, 4) is 5.69 Å². The van der Waals surface area contributed by atoms with Crippen LogP contribution in [-0.2, 0) is 10.0 Å². The Bertz CT molecular complexity index is 1400. The van der Waals surface area contributed by atoms with E-state index in [1.165, 1.54) is 16.8 Å². The molecule has 0 atom stereocenters. The lowest BCUT2D eigenvalue weighted by atomic mass is 9.95. The number of para-hydroxylation sites is 1. The third-order valence-electron chi connectivity index (χ3n) is 5.84. The van der Waals surface area contributed by atoms with Crippen LogP contribution in [0.2, 0.25) is 0 Å². The van der Waals surface area contributed by atoms with Crippen molar-refractivity contribution >= 4 is 27.4 Å². The second-order valence-electron chi connectivity index (χ2n) is 8.04. The molecular formula is C22H23N7O3S. The Morgan fingerprint density at radius 3 is 2.61 bits per heavy atom. The summed E-state index contributed by atoms with van der Waals surface area (Å²) < 4.78 is 28.4. The third kappa shape index (κ3) is 4.24. The third-order valence-corrected chi connectivity index (χ3v) is 7.14. The number of hydrogen-bond acceptors (Lipinski definition) is 6. The van der Waals surface area contributed by atoms with Crippen LogP contribution in [0.5, 0.6) is 0 Å². The van der Waals surface area contributed by atoms with Crippen molar-refractivity contribution in [2.24, 2.45) is 0 Å². The summed E-state index contributed by atoms with van der Waals surface area (Å²) in [4.78, 5) is 17.3. The molecule has 0 bridgehead atoms. The van der Waals surface area contributed by atoms with E-state index in [1.54, 1.807) is 27.7 Å². The molecule has 1 saturated heterocycles. The minimum atomic E-state index is -3.20. The first kappa shape index (κ1) is 21.3. The zero-order valence-corrected chi connectivity index (χ0v) is 18.8. The van der Waals surface area contributed by atoms with Gasteiger partial charge in [-0.15, -0.1) is 0 Å². The van der Waals surface area contributed by atoms with Gasteiger partial charge in [0.15, 0.2) is 5.65 Å². The van der Waals surface area contributed by atoms with Crippen LogP contribution in [0.3, 0.4) is 0 Å². The first-order chi connectivity index (χ1) is 15.9. The largest absolute Gasteiger partial charge is 0.306 e. The SMILES string of the molecule is CS(=O)(=O)N1CCC(c2cc(NC(=O)c3cnn4cccnc34)n(-c3ccccc3)n2)CC1. The highest BCUT2D eigenvalue weighted by molar-refractivity contribution is 7.88. The predicted octanol–water partition coefficient (Wildman–Crippen LogP) is 2.31. The molecule has 0 unspecified atom stereocenters. The highest BCUT2D eigenvalue weighted by Crippen LogP contribution is 2.31. The van der Waals surface area contributed by atoms with Gasteiger partial charge in [-0.05, 0) is 31.0 Å². The smallest absolute Gasteiger partial charge is 0.262 e. The van der Waals surface area contributed by atoms with Gasteiger partial charge < -0.3 is 5.32 Å². The van der Waals surface area contributed by atoms with Gasteiger partial charge in [-0.1, -0.05) is 18.2 Å². The Morgan fingerprint density at radius 2 is 1.88 bits per heavy atom. The standard InChI is InChI=1S/C22H23N7O3S/c1-33(31,32)27-12-8-16(9-13-27)19-14-20(29(26-19)17-6-3-2-4-7-17)25-22(30)18-15-24-28-11-5-10-23-21(18)28/h2-7,10-11,14-16H,8-9,12-13H2,1H3,(H,25,30). The zero-order chi connectivity index (χ0) is 23.0. The van der Waals surface area contributed by atoms with Gasteiger partial charge in [0.1, 0.15) is 11.4 Å². The van der Waals surface area contributed by atoms with Crippen molar-refractivity contribution < 1.29 is 13.2 Å². The van der Waals surface area contributed by atoms with E-state index in [-0.39, 0.29) is 11.8 Å². The molecule has 4 aromatic rings. The summed E-state index contributed by atoms with van der Waals surface area (Å²) in [5.41, 5.74) is 2.46. The molecule has 3 aromatic heterocycles. The Labute approximate surface area is 190 Å². The predicted molar refractivity (Wildman–Crippen MR) is 123 cm³/mol. The van der Waals surface area contributed by atoms with Crippen LogP contribution < -0.4 is 5.32 Å². The van der Waals surface area contributed by atoms with Crippen LogP contribution in [0.15, 0.2) is 61.1 Å². The lowest BCUT2D eigenvalue weighted by Crippen LogP contribution is -2.37. The number of rotatable bonds is 5. The van der Waals surface area contributed by atoms with Crippen LogP contribution in [0.1, 0.15) is 34.8 Å².